The average molecular weight is 476 g/mol. The highest BCUT2D eigenvalue weighted by Crippen LogP contribution is 2.30. The highest BCUT2D eigenvalue weighted by Gasteiger charge is 2.22. The van der Waals surface area contributed by atoms with Crippen molar-refractivity contribution in [2.45, 2.75) is 34.6 Å². The number of amides is 2. The third kappa shape index (κ3) is 4.76. The van der Waals surface area contributed by atoms with Crippen LogP contribution < -0.4 is 10.6 Å². The number of carbonyl (C=O) groups excluding carboxylic acids is 2. The van der Waals surface area contributed by atoms with E-state index in [1.54, 1.807) is 13.8 Å². The maximum absolute atomic E-state index is 12.6. The summed E-state index contributed by atoms with van der Waals surface area (Å²) in [5.41, 5.74) is 2.39. The van der Waals surface area contributed by atoms with Gasteiger partial charge in [-0.05, 0) is 41.9 Å². The fourth-order valence-corrected chi connectivity index (χ4v) is 3.84. The molecule has 8 heteroatoms. The Morgan fingerprint density at radius 2 is 1.72 bits per heavy atom. The summed E-state index contributed by atoms with van der Waals surface area (Å²) in [5, 5.41) is 8.09. The number of furan rings is 1. The lowest BCUT2D eigenvalue weighted by molar-refractivity contribution is -0.123. The Balaban J connectivity index is 1.71. The zero-order valence-corrected chi connectivity index (χ0v) is 19.2. The van der Waals surface area contributed by atoms with E-state index in [1.807, 2.05) is 50.4 Å². The van der Waals surface area contributed by atoms with Gasteiger partial charge in [-0.2, -0.15) is 0 Å². The number of nitrogens with zero attached hydrogens (tertiary/aromatic N) is 1. The molecule has 0 unspecified atom stereocenters. The first-order valence-corrected chi connectivity index (χ1v) is 10.7. The van der Waals surface area contributed by atoms with Crippen LogP contribution in [0.4, 0.5) is 10.8 Å². The fourth-order valence-electron chi connectivity index (χ4n) is 2.58. The molecule has 0 fully saturated rings. The zero-order valence-electron chi connectivity index (χ0n) is 16.8. The SMILES string of the molecule is Cc1oc(C)c(C(=O)Nc2nc(-c3ccc(NC(=O)C(C)(C)C)cc3)cs2)c1Br. The Bertz CT molecular complexity index is 1060. The van der Waals surface area contributed by atoms with Crippen LogP contribution in [0, 0.1) is 19.3 Å². The largest absolute Gasteiger partial charge is 0.465 e. The molecule has 2 amide bonds. The number of benzene rings is 1. The van der Waals surface area contributed by atoms with E-state index in [1.165, 1.54) is 11.3 Å². The molecule has 0 bridgehead atoms. The van der Waals surface area contributed by atoms with E-state index in [0.29, 0.717) is 26.7 Å². The number of aryl methyl sites for hydroxylation is 2. The Morgan fingerprint density at radius 3 is 2.28 bits per heavy atom. The summed E-state index contributed by atoms with van der Waals surface area (Å²) < 4.78 is 6.13. The number of hydrogen-bond donors (Lipinski definition) is 2. The number of hydrogen-bond acceptors (Lipinski definition) is 5. The van der Waals surface area contributed by atoms with E-state index in [-0.39, 0.29) is 11.8 Å². The summed E-state index contributed by atoms with van der Waals surface area (Å²) in [6, 6.07) is 7.45. The van der Waals surface area contributed by atoms with E-state index >= 15 is 0 Å². The van der Waals surface area contributed by atoms with E-state index in [2.05, 4.69) is 31.5 Å². The van der Waals surface area contributed by atoms with Gasteiger partial charge in [0.05, 0.1) is 15.7 Å². The highest BCUT2D eigenvalue weighted by atomic mass is 79.9. The van der Waals surface area contributed by atoms with Crippen molar-refractivity contribution < 1.29 is 14.0 Å². The lowest BCUT2D eigenvalue weighted by atomic mass is 9.95. The van der Waals surface area contributed by atoms with Crippen LogP contribution in [0.15, 0.2) is 38.5 Å². The molecule has 2 N–H and O–H groups in total. The van der Waals surface area contributed by atoms with Gasteiger partial charge in [-0.25, -0.2) is 4.98 Å². The summed E-state index contributed by atoms with van der Waals surface area (Å²) in [5.74, 6) is 0.898. The van der Waals surface area contributed by atoms with Gasteiger partial charge in [0.1, 0.15) is 11.5 Å². The standard InChI is InChI=1S/C21H22BrN3O3S/c1-11-16(17(22)12(2)28-11)18(26)25-20-24-15(10-29-20)13-6-8-14(9-7-13)23-19(27)21(3,4)5/h6-10H,1-5H3,(H,23,27)(H,24,25,26). The molecule has 0 radical (unpaired) electrons. The molecule has 0 aliphatic heterocycles. The van der Waals surface area contributed by atoms with Gasteiger partial charge in [0.2, 0.25) is 5.91 Å². The molecular weight excluding hydrogens is 454 g/mol. The van der Waals surface area contributed by atoms with Crippen LogP contribution in [-0.4, -0.2) is 16.8 Å². The number of thiazole rings is 1. The molecule has 2 heterocycles. The van der Waals surface area contributed by atoms with Crippen molar-refractivity contribution in [3.8, 4) is 11.3 Å². The van der Waals surface area contributed by atoms with Gasteiger partial charge in [-0.1, -0.05) is 32.9 Å². The quantitative estimate of drug-likeness (QED) is 0.482. The normalized spacial score (nSPS) is 11.4. The number of aromatic nitrogens is 1. The van der Waals surface area contributed by atoms with Crippen LogP contribution in [0.3, 0.4) is 0 Å². The third-order valence-corrected chi connectivity index (χ3v) is 5.97. The summed E-state index contributed by atoms with van der Waals surface area (Å²) in [6.07, 6.45) is 0. The third-order valence-electron chi connectivity index (χ3n) is 4.26. The summed E-state index contributed by atoms with van der Waals surface area (Å²) >= 11 is 4.74. The number of halogens is 1. The number of rotatable bonds is 4. The molecule has 1 aromatic carbocycles. The minimum atomic E-state index is -0.457. The fraction of sp³-hybridized carbons (Fsp3) is 0.286. The van der Waals surface area contributed by atoms with E-state index < -0.39 is 5.41 Å². The minimum Gasteiger partial charge on any atom is -0.465 e. The van der Waals surface area contributed by atoms with Crippen LogP contribution in [0.5, 0.6) is 0 Å². The molecule has 0 saturated carbocycles. The predicted octanol–water partition coefficient (Wildman–Crippen LogP) is 6.02. The monoisotopic (exact) mass is 475 g/mol. The van der Waals surface area contributed by atoms with Crippen molar-refractivity contribution in [3.05, 3.63) is 51.2 Å². The molecule has 29 heavy (non-hydrogen) atoms. The van der Waals surface area contributed by atoms with Crippen molar-refractivity contribution in [2.24, 2.45) is 5.41 Å². The molecule has 0 aliphatic rings. The second-order valence-corrected chi connectivity index (χ2v) is 9.33. The van der Waals surface area contributed by atoms with Crippen LogP contribution in [0.25, 0.3) is 11.3 Å². The molecule has 0 aliphatic carbocycles. The van der Waals surface area contributed by atoms with Crippen molar-refractivity contribution in [3.63, 3.8) is 0 Å². The maximum Gasteiger partial charge on any atom is 0.262 e. The van der Waals surface area contributed by atoms with Crippen molar-refractivity contribution >= 4 is 49.9 Å². The Hall–Kier alpha value is -2.45. The molecule has 152 valence electrons. The van der Waals surface area contributed by atoms with Gasteiger partial charge in [0.25, 0.3) is 5.91 Å². The number of anilines is 2. The maximum atomic E-state index is 12.6. The van der Waals surface area contributed by atoms with Gasteiger partial charge in [-0.3, -0.25) is 14.9 Å². The van der Waals surface area contributed by atoms with Gasteiger partial charge in [0.15, 0.2) is 5.13 Å². The Kier molecular flexibility index (Phi) is 5.95. The van der Waals surface area contributed by atoms with Gasteiger partial charge in [-0.15, -0.1) is 11.3 Å². The molecule has 0 saturated heterocycles. The molecule has 3 aromatic rings. The van der Waals surface area contributed by atoms with Crippen molar-refractivity contribution in [1.29, 1.82) is 0 Å². The van der Waals surface area contributed by atoms with E-state index in [4.69, 9.17) is 4.42 Å². The van der Waals surface area contributed by atoms with Gasteiger partial charge in [0, 0.05) is 22.0 Å². The van der Waals surface area contributed by atoms with E-state index in [9.17, 15) is 9.59 Å². The van der Waals surface area contributed by atoms with Crippen LogP contribution in [-0.2, 0) is 4.79 Å². The van der Waals surface area contributed by atoms with Crippen molar-refractivity contribution in [2.75, 3.05) is 10.6 Å². The smallest absolute Gasteiger partial charge is 0.262 e. The first-order valence-electron chi connectivity index (χ1n) is 9.00. The number of carbonyl (C=O) groups is 2. The summed E-state index contributed by atoms with van der Waals surface area (Å²) in [7, 11) is 0. The lowest BCUT2D eigenvalue weighted by Gasteiger charge is -2.17. The Labute approximate surface area is 181 Å². The topological polar surface area (TPSA) is 84.2 Å². The second-order valence-electron chi connectivity index (χ2n) is 7.68. The van der Waals surface area contributed by atoms with E-state index in [0.717, 1.165) is 16.9 Å². The van der Waals surface area contributed by atoms with Gasteiger partial charge < -0.3 is 9.73 Å². The highest BCUT2D eigenvalue weighted by molar-refractivity contribution is 9.10. The molecule has 0 atom stereocenters. The second kappa shape index (κ2) is 8.12. The van der Waals surface area contributed by atoms with Gasteiger partial charge >= 0.3 is 0 Å². The van der Waals surface area contributed by atoms with Crippen molar-refractivity contribution in [1.82, 2.24) is 4.98 Å². The zero-order chi connectivity index (χ0) is 21.3. The molecular formula is C21H22BrN3O3S. The first kappa shape index (κ1) is 21.3. The first-order chi connectivity index (χ1) is 13.6. The molecule has 6 nitrogen and oxygen atoms in total. The predicted molar refractivity (Wildman–Crippen MR) is 119 cm³/mol. The number of nitrogens with one attached hydrogen (secondary N) is 2. The molecule has 2 aromatic heterocycles. The van der Waals surface area contributed by atoms with Crippen LogP contribution in [0.1, 0.15) is 42.6 Å². The Morgan fingerprint density at radius 1 is 1.07 bits per heavy atom. The lowest BCUT2D eigenvalue weighted by Crippen LogP contribution is -2.27. The van der Waals surface area contributed by atoms with Crippen LogP contribution >= 0.6 is 27.3 Å². The minimum absolute atomic E-state index is 0.0418. The molecule has 3 rings (SSSR count). The average Bonchev–Trinajstić information content (AvgIpc) is 3.19. The molecule has 0 spiro atoms. The van der Waals surface area contributed by atoms with Crippen LogP contribution in [0.2, 0.25) is 0 Å². The summed E-state index contributed by atoms with van der Waals surface area (Å²) in [4.78, 5) is 29.2. The summed E-state index contributed by atoms with van der Waals surface area (Å²) in [6.45, 7) is 9.15.